The highest BCUT2D eigenvalue weighted by Gasteiger charge is 2.14. The third kappa shape index (κ3) is 3.40. The van der Waals surface area contributed by atoms with E-state index in [-0.39, 0.29) is 6.04 Å². The number of benzene rings is 2. The normalized spacial score (nSPS) is 12.2. The van der Waals surface area contributed by atoms with E-state index in [0.717, 1.165) is 12.3 Å². The van der Waals surface area contributed by atoms with Crippen molar-refractivity contribution in [3.05, 3.63) is 64.7 Å². The summed E-state index contributed by atoms with van der Waals surface area (Å²) in [7, 11) is 1.71. The molecule has 2 aromatic rings. The fraction of sp³-hybridized carbons (Fsp3) is 0.333. The van der Waals surface area contributed by atoms with Gasteiger partial charge >= 0.3 is 0 Å². The zero-order chi connectivity index (χ0) is 14.5. The first-order valence-corrected chi connectivity index (χ1v) is 7.09. The summed E-state index contributed by atoms with van der Waals surface area (Å²) in [5.74, 6) is 0.898. The summed E-state index contributed by atoms with van der Waals surface area (Å²) in [6.45, 7) is 7.35. The van der Waals surface area contributed by atoms with E-state index in [2.05, 4.69) is 56.4 Å². The summed E-state index contributed by atoms with van der Waals surface area (Å²) in [5.41, 5.74) is 5.13. The molecule has 2 aromatic carbocycles. The number of ether oxygens (including phenoxy) is 1. The Bertz CT molecular complexity index is 557. The molecule has 0 fully saturated rings. The first kappa shape index (κ1) is 14.6. The Hall–Kier alpha value is -1.80. The minimum atomic E-state index is 0.202. The smallest absolute Gasteiger partial charge is 0.119 e. The predicted octanol–water partition coefficient (Wildman–Crippen LogP) is 4.01. The minimum Gasteiger partial charge on any atom is -0.497 e. The lowest BCUT2D eigenvalue weighted by atomic mass is 9.95. The summed E-state index contributed by atoms with van der Waals surface area (Å²) < 4.78 is 5.34. The van der Waals surface area contributed by atoms with Crippen LogP contribution in [0.3, 0.4) is 0 Å². The number of hydrogen-bond donors (Lipinski definition) is 1. The molecular weight excluding hydrogens is 246 g/mol. The van der Waals surface area contributed by atoms with Gasteiger partial charge < -0.3 is 10.1 Å². The van der Waals surface area contributed by atoms with Gasteiger partial charge in [-0.1, -0.05) is 48.4 Å². The van der Waals surface area contributed by atoms with Gasteiger partial charge in [0, 0.05) is 0 Å². The maximum absolute atomic E-state index is 5.34. The number of rotatable bonds is 5. The Morgan fingerprint density at radius 2 is 1.70 bits per heavy atom. The Labute approximate surface area is 121 Å². The van der Waals surface area contributed by atoms with Crippen molar-refractivity contribution in [3.8, 4) is 5.75 Å². The van der Waals surface area contributed by atoms with Crippen LogP contribution in [0.2, 0.25) is 0 Å². The third-order valence-electron chi connectivity index (χ3n) is 3.41. The topological polar surface area (TPSA) is 21.3 Å². The van der Waals surface area contributed by atoms with Crippen LogP contribution >= 0.6 is 0 Å². The van der Waals surface area contributed by atoms with Gasteiger partial charge in [0.1, 0.15) is 5.75 Å². The van der Waals surface area contributed by atoms with Crippen LogP contribution in [0.1, 0.15) is 35.2 Å². The van der Waals surface area contributed by atoms with Gasteiger partial charge in [-0.05, 0) is 43.7 Å². The van der Waals surface area contributed by atoms with Gasteiger partial charge in [-0.2, -0.15) is 0 Å². The predicted molar refractivity (Wildman–Crippen MR) is 84.4 cm³/mol. The Balaban J connectivity index is 2.43. The molecule has 106 valence electrons. The van der Waals surface area contributed by atoms with Crippen LogP contribution in [0, 0.1) is 13.8 Å². The fourth-order valence-electron chi connectivity index (χ4n) is 2.63. The van der Waals surface area contributed by atoms with Crippen LogP contribution in [0.25, 0.3) is 0 Å². The summed E-state index contributed by atoms with van der Waals surface area (Å²) in [6.07, 6.45) is 0. The molecule has 0 heterocycles. The van der Waals surface area contributed by atoms with Crippen LogP contribution in [-0.2, 0) is 0 Å². The Morgan fingerprint density at radius 3 is 2.30 bits per heavy atom. The van der Waals surface area contributed by atoms with Crippen molar-refractivity contribution in [2.24, 2.45) is 0 Å². The van der Waals surface area contributed by atoms with Gasteiger partial charge in [-0.25, -0.2) is 0 Å². The SMILES string of the molecule is CCNC(c1cc(C)cc(C)c1)c1cccc(OC)c1. The molecule has 1 N–H and O–H groups in total. The van der Waals surface area contributed by atoms with Crippen molar-refractivity contribution in [2.75, 3.05) is 13.7 Å². The van der Waals surface area contributed by atoms with Crippen molar-refractivity contribution in [2.45, 2.75) is 26.8 Å². The second-order valence-electron chi connectivity index (χ2n) is 5.19. The zero-order valence-electron chi connectivity index (χ0n) is 12.7. The molecule has 0 aliphatic rings. The van der Waals surface area contributed by atoms with Gasteiger partial charge in [0.15, 0.2) is 0 Å². The van der Waals surface area contributed by atoms with Gasteiger partial charge in [-0.15, -0.1) is 0 Å². The number of aryl methyl sites for hydroxylation is 2. The standard InChI is InChI=1S/C18H23NO/c1-5-19-18(15-7-6-8-17(12-15)20-4)16-10-13(2)9-14(3)11-16/h6-12,18-19H,5H2,1-4H3. The van der Waals surface area contributed by atoms with Gasteiger partial charge in [-0.3, -0.25) is 0 Å². The maximum Gasteiger partial charge on any atom is 0.119 e. The van der Waals surface area contributed by atoms with Crippen LogP contribution in [0.5, 0.6) is 5.75 Å². The Morgan fingerprint density at radius 1 is 1.00 bits per heavy atom. The second-order valence-corrected chi connectivity index (χ2v) is 5.19. The third-order valence-corrected chi connectivity index (χ3v) is 3.41. The van der Waals surface area contributed by atoms with Crippen molar-refractivity contribution >= 4 is 0 Å². The maximum atomic E-state index is 5.34. The van der Waals surface area contributed by atoms with Crippen molar-refractivity contribution in [1.29, 1.82) is 0 Å². The molecular formula is C18H23NO. The van der Waals surface area contributed by atoms with Crippen LogP contribution in [0.4, 0.5) is 0 Å². The van der Waals surface area contributed by atoms with E-state index in [4.69, 9.17) is 4.74 Å². The van der Waals surface area contributed by atoms with Gasteiger partial charge in [0.2, 0.25) is 0 Å². The molecule has 0 saturated carbocycles. The van der Waals surface area contributed by atoms with Crippen LogP contribution < -0.4 is 10.1 Å². The van der Waals surface area contributed by atoms with E-state index in [1.807, 2.05) is 12.1 Å². The first-order chi connectivity index (χ1) is 9.63. The van der Waals surface area contributed by atoms with Gasteiger partial charge in [0.25, 0.3) is 0 Å². The summed E-state index contributed by atoms with van der Waals surface area (Å²) in [6, 6.07) is 15.2. The molecule has 0 aliphatic carbocycles. The van der Waals surface area contributed by atoms with E-state index < -0.39 is 0 Å². The highest BCUT2D eigenvalue weighted by Crippen LogP contribution is 2.26. The molecule has 0 amide bonds. The summed E-state index contributed by atoms with van der Waals surface area (Å²) in [4.78, 5) is 0. The lowest BCUT2D eigenvalue weighted by Gasteiger charge is -2.20. The van der Waals surface area contributed by atoms with Gasteiger partial charge in [0.05, 0.1) is 13.2 Å². The molecule has 1 unspecified atom stereocenters. The molecule has 2 heteroatoms. The summed E-state index contributed by atoms with van der Waals surface area (Å²) >= 11 is 0. The van der Waals surface area contributed by atoms with Crippen molar-refractivity contribution < 1.29 is 4.74 Å². The van der Waals surface area contributed by atoms with Crippen molar-refractivity contribution in [3.63, 3.8) is 0 Å². The van der Waals surface area contributed by atoms with Crippen LogP contribution in [-0.4, -0.2) is 13.7 Å². The highest BCUT2D eigenvalue weighted by molar-refractivity contribution is 5.39. The first-order valence-electron chi connectivity index (χ1n) is 7.09. The molecule has 2 rings (SSSR count). The minimum absolute atomic E-state index is 0.202. The van der Waals surface area contributed by atoms with E-state index in [1.54, 1.807) is 7.11 Å². The van der Waals surface area contributed by atoms with E-state index in [9.17, 15) is 0 Å². The molecule has 0 aromatic heterocycles. The average molecular weight is 269 g/mol. The molecule has 0 bridgehead atoms. The monoisotopic (exact) mass is 269 g/mol. The van der Waals surface area contributed by atoms with E-state index >= 15 is 0 Å². The molecule has 20 heavy (non-hydrogen) atoms. The number of hydrogen-bond acceptors (Lipinski definition) is 2. The molecule has 2 nitrogen and oxygen atoms in total. The van der Waals surface area contributed by atoms with Crippen LogP contribution in [0.15, 0.2) is 42.5 Å². The second kappa shape index (κ2) is 6.58. The molecule has 1 atom stereocenters. The highest BCUT2D eigenvalue weighted by atomic mass is 16.5. The molecule has 0 saturated heterocycles. The fourth-order valence-corrected chi connectivity index (χ4v) is 2.63. The quantitative estimate of drug-likeness (QED) is 0.885. The number of methoxy groups -OCH3 is 1. The van der Waals surface area contributed by atoms with Crippen molar-refractivity contribution in [1.82, 2.24) is 5.32 Å². The zero-order valence-corrected chi connectivity index (χ0v) is 12.7. The largest absolute Gasteiger partial charge is 0.497 e. The van der Waals surface area contributed by atoms with E-state index in [0.29, 0.717) is 0 Å². The molecule has 0 aliphatic heterocycles. The number of nitrogens with one attached hydrogen (secondary N) is 1. The van der Waals surface area contributed by atoms with E-state index in [1.165, 1.54) is 22.3 Å². The molecule has 0 radical (unpaired) electrons. The summed E-state index contributed by atoms with van der Waals surface area (Å²) in [5, 5.41) is 3.57. The lowest BCUT2D eigenvalue weighted by molar-refractivity contribution is 0.413. The Kier molecular flexibility index (Phi) is 4.80. The average Bonchev–Trinajstić information content (AvgIpc) is 2.43. The molecule has 0 spiro atoms. The lowest BCUT2D eigenvalue weighted by Crippen LogP contribution is -2.22.